The molecule has 0 bridgehead atoms. The van der Waals surface area contributed by atoms with E-state index in [0.29, 0.717) is 39.3 Å². The van der Waals surface area contributed by atoms with Crippen molar-refractivity contribution in [3.8, 4) is 23.6 Å². The van der Waals surface area contributed by atoms with Gasteiger partial charge in [-0.05, 0) is 93.4 Å². The summed E-state index contributed by atoms with van der Waals surface area (Å²) in [7, 11) is 0. The number of nitriles is 2. The second-order valence-electron chi connectivity index (χ2n) is 12.7. The molecule has 0 spiro atoms. The largest absolute Gasteiger partial charge is 0.488 e. The zero-order chi connectivity index (χ0) is 40.0. The molecule has 10 nitrogen and oxygen atoms in total. The molecule has 4 aromatic carbocycles. The standard InChI is InChI=1S/C44H45Cl2N7O3/c1-5-51(6-2)38-19-13-33(41(24-38)55-29-31-9-15-36(45)16-10-31)23-35(26-47)43-40(27-48)44(53(50-43)21-22-54)49-28-34-14-20-39(52(7-3)8-4)25-42(34)56-30-32-11-17-37(46)18-12-32/h9-20,23-25,28,54H,5-8,21-22,29-30H2,1-4H3/b35-23+,49-28?. The number of hydrogen-bond acceptors (Lipinski definition) is 9. The van der Waals surface area contributed by atoms with Crippen LogP contribution >= 0.6 is 23.2 Å². The molecule has 0 saturated carbocycles. The predicted octanol–water partition coefficient (Wildman–Crippen LogP) is 9.72. The summed E-state index contributed by atoms with van der Waals surface area (Å²) in [6.45, 7) is 12.0. The molecule has 0 aliphatic heterocycles. The number of aliphatic hydroxyl groups is 1. The molecule has 0 aliphatic rings. The lowest BCUT2D eigenvalue weighted by Crippen LogP contribution is -2.21. The maximum absolute atomic E-state index is 10.5. The third kappa shape index (κ3) is 10.3. The maximum Gasteiger partial charge on any atom is 0.169 e. The van der Waals surface area contributed by atoms with Crippen LogP contribution in [-0.4, -0.2) is 53.9 Å². The monoisotopic (exact) mass is 789 g/mol. The Morgan fingerprint density at radius 2 is 1.27 bits per heavy atom. The van der Waals surface area contributed by atoms with Crippen molar-refractivity contribution in [1.29, 1.82) is 10.5 Å². The van der Waals surface area contributed by atoms with E-state index in [1.165, 1.54) is 4.68 Å². The minimum Gasteiger partial charge on any atom is -0.488 e. The van der Waals surface area contributed by atoms with E-state index in [0.717, 1.165) is 48.7 Å². The Balaban J connectivity index is 1.55. The Morgan fingerprint density at radius 3 is 1.73 bits per heavy atom. The van der Waals surface area contributed by atoms with Crippen LogP contribution in [0.15, 0.2) is 89.9 Å². The number of aliphatic imine (C=N–C) groups is 1. The van der Waals surface area contributed by atoms with Crippen molar-refractivity contribution >= 4 is 58.3 Å². The number of hydrogen-bond donors (Lipinski definition) is 1. The summed E-state index contributed by atoms with van der Waals surface area (Å²) in [4.78, 5) is 9.16. The molecule has 1 heterocycles. The topological polar surface area (TPSA) is 123 Å². The normalized spacial score (nSPS) is 11.3. The van der Waals surface area contributed by atoms with Crippen molar-refractivity contribution < 1.29 is 14.6 Å². The number of benzene rings is 4. The molecule has 0 saturated heterocycles. The van der Waals surface area contributed by atoms with Gasteiger partial charge in [-0.3, -0.25) is 0 Å². The van der Waals surface area contributed by atoms with Crippen LogP contribution in [0.25, 0.3) is 11.6 Å². The Kier molecular flexibility index (Phi) is 14.9. The van der Waals surface area contributed by atoms with Crippen molar-refractivity contribution in [3.63, 3.8) is 0 Å². The van der Waals surface area contributed by atoms with Crippen molar-refractivity contribution in [2.24, 2.45) is 4.99 Å². The van der Waals surface area contributed by atoms with Gasteiger partial charge in [0, 0.05) is 77.1 Å². The van der Waals surface area contributed by atoms with Gasteiger partial charge >= 0.3 is 0 Å². The molecular weight excluding hydrogens is 745 g/mol. The zero-order valence-electron chi connectivity index (χ0n) is 32.0. The molecule has 5 aromatic rings. The van der Waals surface area contributed by atoms with Gasteiger partial charge in [0.1, 0.15) is 48.1 Å². The van der Waals surface area contributed by atoms with Crippen LogP contribution < -0.4 is 19.3 Å². The van der Waals surface area contributed by atoms with E-state index < -0.39 is 0 Å². The molecule has 56 heavy (non-hydrogen) atoms. The number of ether oxygens (including phenoxy) is 2. The zero-order valence-corrected chi connectivity index (χ0v) is 33.6. The van der Waals surface area contributed by atoms with Gasteiger partial charge in [0.25, 0.3) is 0 Å². The molecule has 5 rings (SSSR count). The SMILES string of the molecule is CCN(CC)c1ccc(C=Nc2c(C#N)c(/C(C#N)=C/c3ccc(N(CC)CC)cc3OCc3ccc(Cl)cc3)nn2CCO)c(OCc2ccc(Cl)cc2)c1. The van der Waals surface area contributed by atoms with Crippen LogP contribution in [0.5, 0.6) is 11.5 Å². The molecule has 0 fully saturated rings. The van der Waals surface area contributed by atoms with Gasteiger partial charge < -0.3 is 24.4 Å². The molecular formula is C44H45Cl2N7O3. The number of rotatable bonds is 18. The Hall–Kier alpha value is -5.78. The fourth-order valence-electron chi connectivity index (χ4n) is 6.14. The number of allylic oxidation sites excluding steroid dienone is 1. The van der Waals surface area contributed by atoms with Crippen LogP contribution in [-0.2, 0) is 19.8 Å². The fourth-order valence-corrected chi connectivity index (χ4v) is 6.39. The van der Waals surface area contributed by atoms with Crippen molar-refractivity contribution in [2.75, 3.05) is 42.6 Å². The molecule has 288 valence electrons. The Morgan fingerprint density at radius 1 is 0.768 bits per heavy atom. The second kappa shape index (κ2) is 20.2. The first-order chi connectivity index (χ1) is 27.2. The molecule has 0 radical (unpaired) electrons. The highest BCUT2D eigenvalue weighted by Crippen LogP contribution is 2.34. The second-order valence-corrected chi connectivity index (χ2v) is 13.5. The number of anilines is 2. The van der Waals surface area contributed by atoms with Crippen LogP contribution in [0.1, 0.15) is 61.2 Å². The highest BCUT2D eigenvalue weighted by molar-refractivity contribution is 6.30. The van der Waals surface area contributed by atoms with Crippen molar-refractivity contribution in [3.05, 3.63) is 128 Å². The van der Waals surface area contributed by atoms with Gasteiger partial charge in [-0.1, -0.05) is 47.5 Å². The third-order valence-corrected chi connectivity index (χ3v) is 9.72. The van der Waals surface area contributed by atoms with E-state index >= 15 is 0 Å². The van der Waals surface area contributed by atoms with Crippen LogP contribution in [0.3, 0.4) is 0 Å². The van der Waals surface area contributed by atoms with E-state index in [-0.39, 0.29) is 42.4 Å². The van der Waals surface area contributed by atoms with Gasteiger partial charge in [-0.15, -0.1) is 0 Å². The molecule has 1 N–H and O–H groups in total. The minimum absolute atomic E-state index is 0.0505. The maximum atomic E-state index is 10.5. The number of nitrogens with zero attached hydrogens (tertiary/aromatic N) is 7. The van der Waals surface area contributed by atoms with E-state index in [1.807, 2.05) is 84.9 Å². The van der Waals surface area contributed by atoms with Crippen LogP contribution in [0.2, 0.25) is 10.0 Å². The molecule has 0 aliphatic carbocycles. The quantitative estimate of drug-likeness (QED) is 0.0688. The minimum atomic E-state index is -0.260. The highest BCUT2D eigenvalue weighted by atomic mass is 35.5. The number of aromatic nitrogens is 2. The lowest BCUT2D eigenvalue weighted by molar-refractivity contribution is 0.270. The number of halogens is 2. The van der Waals surface area contributed by atoms with Crippen LogP contribution in [0, 0.1) is 22.7 Å². The van der Waals surface area contributed by atoms with Crippen molar-refractivity contribution in [2.45, 2.75) is 47.5 Å². The average molecular weight is 791 g/mol. The summed E-state index contributed by atoms with van der Waals surface area (Å²) < 4.78 is 14.1. The van der Waals surface area contributed by atoms with E-state index in [9.17, 15) is 15.6 Å². The number of aliphatic hydroxyl groups excluding tert-OH is 1. The fraction of sp³-hybridized carbons (Fsp3) is 0.273. The smallest absolute Gasteiger partial charge is 0.169 e. The molecule has 0 unspecified atom stereocenters. The predicted molar refractivity (Wildman–Crippen MR) is 226 cm³/mol. The first-order valence-electron chi connectivity index (χ1n) is 18.6. The molecule has 0 atom stereocenters. The molecule has 1 aromatic heterocycles. The Labute approximate surface area is 339 Å². The lowest BCUT2D eigenvalue weighted by atomic mass is 10.0. The van der Waals surface area contributed by atoms with Gasteiger partial charge in [0.15, 0.2) is 5.82 Å². The van der Waals surface area contributed by atoms with Gasteiger partial charge in [-0.25, -0.2) is 9.67 Å². The highest BCUT2D eigenvalue weighted by Gasteiger charge is 2.22. The lowest BCUT2D eigenvalue weighted by Gasteiger charge is -2.22. The van der Waals surface area contributed by atoms with E-state index in [1.54, 1.807) is 12.3 Å². The Bertz CT molecular complexity index is 2230. The average Bonchev–Trinajstić information content (AvgIpc) is 3.57. The summed E-state index contributed by atoms with van der Waals surface area (Å²) in [5.74, 6) is 1.35. The molecule has 12 heteroatoms. The van der Waals surface area contributed by atoms with Crippen molar-refractivity contribution in [1.82, 2.24) is 9.78 Å². The summed E-state index contributed by atoms with van der Waals surface area (Å²) in [6, 6.07) is 31.1. The van der Waals surface area contributed by atoms with E-state index in [4.69, 9.17) is 37.7 Å². The molecule has 0 amide bonds. The van der Waals surface area contributed by atoms with Crippen LogP contribution in [0.4, 0.5) is 17.2 Å². The van der Waals surface area contributed by atoms with Gasteiger partial charge in [-0.2, -0.15) is 15.6 Å². The summed E-state index contributed by atoms with van der Waals surface area (Å²) in [6.07, 6.45) is 3.28. The summed E-state index contributed by atoms with van der Waals surface area (Å²) in [5.41, 5.74) is 5.51. The first kappa shape index (κ1) is 41.4. The summed E-state index contributed by atoms with van der Waals surface area (Å²) >= 11 is 12.2. The van der Waals surface area contributed by atoms with Gasteiger partial charge in [0.2, 0.25) is 0 Å². The van der Waals surface area contributed by atoms with Gasteiger partial charge in [0.05, 0.1) is 18.7 Å². The van der Waals surface area contributed by atoms with E-state index in [2.05, 4.69) is 54.7 Å². The third-order valence-electron chi connectivity index (χ3n) is 9.22. The summed E-state index contributed by atoms with van der Waals surface area (Å²) in [5, 5.41) is 36.9. The first-order valence-corrected chi connectivity index (χ1v) is 19.3.